The molecule has 0 aliphatic carbocycles. The van der Waals surface area contributed by atoms with Gasteiger partial charge in [0.2, 0.25) is 5.91 Å². The molecule has 1 heterocycles. The number of carbonyl (C=O) groups excluding carboxylic acids is 1. The number of rotatable bonds is 4. The molecule has 2 unspecified atom stereocenters. The van der Waals surface area contributed by atoms with Crippen LogP contribution >= 0.6 is 12.4 Å². The van der Waals surface area contributed by atoms with Crippen LogP contribution in [0.15, 0.2) is 0 Å². The molecule has 16 heavy (non-hydrogen) atoms. The number of nitrogens with zero attached hydrogens (tertiary/aromatic N) is 1. The molecular weight excluding hydrogens is 226 g/mol. The highest BCUT2D eigenvalue weighted by Crippen LogP contribution is 2.14. The largest absolute Gasteiger partial charge is 0.353 e. The lowest BCUT2D eigenvalue weighted by molar-refractivity contribution is -0.122. The van der Waals surface area contributed by atoms with Crippen molar-refractivity contribution in [1.82, 2.24) is 10.2 Å². The van der Waals surface area contributed by atoms with Crippen LogP contribution in [0.25, 0.3) is 0 Å². The Bertz CT molecular complexity index is 211. The van der Waals surface area contributed by atoms with Crippen molar-refractivity contribution in [2.24, 2.45) is 11.7 Å². The topological polar surface area (TPSA) is 58.4 Å². The quantitative estimate of drug-likeness (QED) is 0.767. The molecule has 3 N–H and O–H groups in total. The molecule has 0 radical (unpaired) electrons. The molecule has 5 heteroatoms. The monoisotopic (exact) mass is 249 g/mol. The number of nitrogens with two attached hydrogens (primary N) is 1. The molecule has 1 amide bonds. The SMILES string of the molecule is CC1CCCN(CCNC(=O)C(C)N)C1.Cl. The van der Waals surface area contributed by atoms with Gasteiger partial charge < -0.3 is 16.0 Å². The fourth-order valence-corrected chi connectivity index (χ4v) is 1.99. The Kier molecular flexibility index (Phi) is 7.72. The maximum absolute atomic E-state index is 11.2. The minimum absolute atomic E-state index is 0. The van der Waals surface area contributed by atoms with Crippen LogP contribution in [0.1, 0.15) is 26.7 Å². The van der Waals surface area contributed by atoms with Gasteiger partial charge in [-0.25, -0.2) is 0 Å². The number of hydrogen-bond donors (Lipinski definition) is 2. The van der Waals surface area contributed by atoms with Gasteiger partial charge in [-0.3, -0.25) is 4.79 Å². The number of halogens is 1. The van der Waals surface area contributed by atoms with Crippen LogP contribution in [-0.2, 0) is 4.79 Å². The summed E-state index contributed by atoms with van der Waals surface area (Å²) in [6, 6.07) is -0.398. The molecule has 0 aromatic rings. The Balaban J connectivity index is 0.00000225. The number of piperidine rings is 1. The van der Waals surface area contributed by atoms with Gasteiger partial charge in [0.15, 0.2) is 0 Å². The Morgan fingerprint density at radius 3 is 2.88 bits per heavy atom. The number of nitrogens with one attached hydrogen (secondary N) is 1. The van der Waals surface area contributed by atoms with Gasteiger partial charge in [-0.1, -0.05) is 6.92 Å². The summed E-state index contributed by atoms with van der Waals surface area (Å²) in [7, 11) is 0. The predicted octanol–water partition coefficient (Wildman–Crippen LogP) is 0.604. The van der Waals surface area contributed by atoms with Crippen LogP contribution in [-0.4, -0.2) is 43.0 Å². The molecule has 1 fully saturated rings. The lowest BCUT2D eigenvalue weighted by Crippen LogP contribution is -2.44. The Labute approximate surface area is 104 Å². The normalized spacial score (nSPS) is 23.3. The van der Waals surface area contributed by atoms with E-state index in [1.165, 1.54) is 19.4 Å². The van der Waals surface area contributed by atoms with Crippen LogP contribution in [0.4, 0.5) is 0 Å². The van der Waals surface area contributed by atoms with E-state index in [1.807, 2.05) is 0 Å². The summed E-state index contributed by atoms with van der Waals surface area (Å²) in [5, 5.41) is 2.84. The highest BCUT2D eigenvalue weighted by Gasteiger charge is 2.15. The van der Waals surface area contributed by atoms with Gasteiger partial charge in [0.1, 0.15) is 0 Å². The summed E-state index contributed by atoms with van der Waals surface area (Å²) in [6.07, 6.45) is 2.62. The third-order valence-corrected chi connectivity index (χ3v) is 2.88. The van der Waals surface area contributed by atoms with Crippen molar-refractivity contribution in [3.8, 4) is 0 Å². The van der Waals surface area contributed by atoms with E-state index >= 15 is 0 Å². The minimum atomic E-state index is -0.398. The van der Waals surface area contributed by atoms with Crippen molar-refractivity contribution in [3.05, 3.63) is 0 Å². The zero-order valence-corrected chi connectivity index (χ0v) is 11.1. The van der Waals surface area contributed by atoms with Crippen molar-refractivity contribution in [2.75, 3.05) is 26.2 Å². The first-order valence-corrected chi connectivity index (χ1v) is 5.85. The first-order chi connectivity index (χ1) is 7.09. The Morgan fingerprint density at radius 2 is 2.31 bits per heavy atom. The fourth-order valence-electron chi connectivity index (χ4n) is 1.99. The fraction of sp³-hybridized carbons (Fsp3) is 0.909. The summed E-state index contributed by atoms with van der Waals surface area (Å²) >= 11 is 0. The van der Waals surface area contributed by atoms with Crippen molar-refractivity contribution < 1.29 is 4.79 Å². The lowest BCUT2D eigenvalue weighted by Gasteiger charge is -2.30. The zero-order chi connectivity index (χ0) is 11.3. The van der Waals surface area contributed by atoms with Crippen LogP contribution in [0.2, 0.25) is 0 Å². The maximum Gasteiger partial charge on any atom is 0.236 e. The second kappa shape index (κ2) is 7.87. The van der Waals surface area contributed by atoms with Crippen LogP contribution < -0.4 is 11.1 Å². The van der Waals surface area contributed by atoms with E-state index in [9.17, 15) is 4.79 Å². The minimum Gasteiger partial charge on any atom is -0.353 e. The predicted molar refractivity (Wildman–Crippen MR) is 68.7 cm³/mol. The number of likely N-dealkylation sites (tertiary alicyclic amines) is 1. The van der Waals surface area contributed by atoms with E-state index in [2.05, 4.69) is 17.1 Å². The van der Waals surface area contributed by atoms with E-state index in [0.717, 1.165) is 19.0 Å². The molecule has 0 spiro atoms. The number of amides is 1. The van der Waals surface area contributed by atoms with Crippen molar-refractivity contribution in [3.63, 3.8) is 0 Å². The average Bonchev–Trinajstić information content (AvgIpc) is 2.17. The molecule has 0 aromatic heterocycles. The molecule has 2 atom stereocenters. The first kappa shape index (κ1) is 15.7. The lowest BCUT2D eigenvalue weighted by atomic mass is 10.0. The summed E-state index contributed by atoms with van der Waals surface area (Å²) in [5.41, 5.74) is 5.45. The highest BCUT2D eigenvalue weighted by atomic mass is 35.5. The molecule has 1 rings (SSSR count). The van der Waals surface area contributed by atoms with Gasteiger partial charge in [-0.15, -0.1) is 12.4 Å². The van der Waals surface area contributed by atoms with Crippen molar-refractivity contribution >= 4 is 18.3 Å². The highest BCUT2D eigenvalue weighted by molar-refractivity contribution is 5.85. The molecule has 4 nitrogen and oxygen atoms in total. The van der Waals surface area contributed by atoms with Gasteiger partial charge in [0.05, 0.1) is 6.04 Å². The third kappa shape index (κ3) is 5.68. The van der Waals surface area contributed by atoms with Crippen LogP contribution in [0.3, 0.4) is 0 Å². The molecule has 0 aromatic carbocycles. The zero-order valence-electron chi connectivity index (χ0n) is 10.2. The van der Waals surface area contributed by atoms with E-state index in [4.69, 9.17) is 5.73 Å². The second-order valence-corrected chi connectivity index (χ2v) is 4.63. The molecule has 0 saturated carbocycles. The third-order valence-electron chi connectivity index (χ3n) is 2.88. The van der Waals surface area contributed by atoms with E-state index in [0.29, 0.717) is 6.54 Å². The van der Waals surface area contributed by atoms with Crippen LogP contribution in [0.5, 0.6) is 0 Å². The van der Waals surface area contributed by atoms with Gasteiger partial charge in [0.25, 0.3) is 0 Å². The maximum atomic E-state index is 11.2. The average molecular weight is 250 g/mol. The summed E-state index contributed by atoms with van der Waals surface area (Å²) in [4.78, 5) is 13.6. The molecule has 96 valence electrons. The number of hydrogen-bond acceptors (Lipinski definition) is 3. The Hall–Kier alpha value is -0.320. The van der Waals surface area contributed by atoms with Crippen LogP contribution in [0, 0.1) is 5.92 Å². The number of carbonyl (C=O) groups is 1. The smallest absolute Gasteiger partial charge is 0.236 e. The van der Waals surface area contributed by atoms with Gasteiger partial charge in [-0.2, -0.15) is 0 Å². The van der Waals surface area contributed by atoms with E-state index < -0.39 is 6.04 Å². The van der Waals surface area contributed by atoms with Gasteiger partial charge in [0, 0.05) is 19.6 Å². The van der Waals surface area contributed by atoms with Gasteiger partial charge >= 0.3 is 0 Å². The van der Waals surface area contributed by atoms with E-state index in [1.54, 1.807) is 6.92 Å². The molecular formula is C11H24ClN3O. The Morgan fingerprint density at radius 1 is 1.62 bits per heavy atom. The molecule has 0 bridgehead atoms. The second-order valence-electron chi connectivity index (χ2n) is 4.63. The molecule has 1 aliphatic rings. The first-order valence-electron chi connectivity index (χ1n) is 5.85. The van der Waals surface area contributed by atoms with Crippen molar-refractivity contribution in [2.45, 2.75) is 32.7 Å². The summed E-state index contributed by atoms with van der Waals surface area (Å²) < 4.78 is 0. The summed E-state index contributed by atoms with van der Waals surface area (Å²) in [6.45, 7) is 7.98. The van der Waals surface area contributed by atoms with E-state index in [-0.39, 0.29) is 18.3 Å². The standard InChI is InChI=1S/C11H23N3O.ClH/c1-9-4-3-6-14(8-9)7-5-13-11(15)10(2)12;/h9-10H,3-8,12H2,1-2H3,(H,13,15);1H. The molecule has 1 aliphatic heterocycles. The van der Waals surface area contributed by atoms with Gasteiger partial charge in [-0.05, 0) is 32.2 Å². The summed E-state index contributed by atoms with van der Waals surface area (Å²) in [5.74, 6) is 0.739. The van der Waals surface area contributed by atoms with Crippen molar-refractivity contribution in [1.29, 1.82) is 0 Å². The molecule has 1 saturated heterocycles.